The van der Waals surface area contributed by atoms with E-state index in [1.807, 2.05) is 0 Å². The fraction of sp³-hybridized carbons (Fsp3) is 1.00. The molecule has 0 N–H and O–H groups in total. The van der Waals surface area contributed by atoms with Gasteiger partial charge in [-0.05, 0) is 36.5 Å². The van der Waals surface area contributed by atoms with Crippen molar-refractivity contribution in [2.24, 2.45) is 22.7 Å². The van der Waals surface area contributed by atoms with Gasteiger partial charge in [0.2, 0.25) is 0 Å². The van der Waals surface area contributed by atoms with E-state index in [2.05, 4.69) is 41.5 Å². The largest absolute Gasteiger partial charge is 0.380 e. The minimum absolute atomic E-state index is 0.522. The van der Waals surface area contributed by atoms with Crippen LogP contribution in [0.4, 0.5) is 0 Å². The summed E-state index contributed by atoms with van der Waals surface area (Å²) < 4.78 is 5.14. The quantitative estimate of drug-likeness (QED) is 0.673. The van der Waals surface area contributed by atoms with E-state index in [0.29, 0.717) is 10.8 Å². The molecule has 0 atom stereocenters. The Balaban J connectivity index is 0.000000165. The van der Waals surface area contributed by atoms with E-state index in [1.165, 1.54) is 19.3 Å². The Morgan fingerprint density at radius 2 is 1.69 bits per heavy atom. The lowest BCUT2D eigenvalue weighted by Crippen LogP contribution is -2.40. The first-order chi connectivity index (χ1) is 7.23. The van der Waals surface area contributed by atoms with Crippen molar-refractivity contribution in [2.75, 3.05) is 13.2 Å². The normalized spacial score (nSPS) is 23.4. The third-order valence-electron chi connectivity index (χ3n) is 3.60. The molecule has 0 amide bonds. The van der Waals surface area contributed by atoms with E-state index < -0.39 is 0 Å². The monoisotopic (exact) mass is 226 g/mol. The van der Waals surface area contributed by atoms with E-state index in [0.717, 1.165) is 25.0 Å². The van der Waals surface area contributed by atoms with Crippen LogP contribution in [0, 0.1) is 22.7 Å². The van der Waals surface area contributed by atoms with Crippen molar-refractivity contribution in [3.63, 3.8) is 0 Å². The molecule has 0 bridgehead atoms. The lowest BCUT2D eigenvalue weighted by atomic mass is 9.80. The maximum atomic E-state index is 5.14. The molecule has 1 saturated carbocycles. The van der Waals surface area contributed by atoms with Crippen LogP contribution in [0.3, 0.4) is 0 Å². The zero-order chi connectivity index (χ0) is 12.4. The van der Waals surface area contributed by atoms with Gasteiger partial charge in [0, 0.05) is 5.41 Å². The first-order valence-electron chi connectivity index (χ1n) is 6.81. The van der Waals surface area contributed by atoms with Crippen LogP contribution >= 0.6 is 0 Å². The Bertz CT molecular complexity index is 204. The van der Waals surface area contributed by atoms with Gasteiger partial charge >= 0.3 is 0 Å². The van der Waals surface area contributed by atoms with Gasteiger partial charge < -0.3 is 4.74 Å². The maximum Gasteiger partial charge on any atom is 0.0542 e. The molecule has 2 fully saturated rings. The molecule has 1 heteroatoms. The minimum Gasteiger partial charge on any atom is -0.380 e. The smallest absolute Gasteiger partial charge is 0.0542 e. The molecule has 1 aliphatic heterocycles. The Kier molecular flexibility index (Phi) is 4.45. The third-order valence-corrected chi connectivity index (χ3v) is 3.60. The second kappa shape index (κ2) is 5.08. The van der Waals surface area contributed by atoms with Gasteiger partial charge in [0.05, 0.1) is 13.2 Å². The van der Waals surface area contributed by atoms with Gasteiger partial charge in [0.15, 0.2) is 0 Å². The SMILES string of the molecule is CC(C)(C)C1CC1.CC(C)CC1(C)COC1. The van der Waals surface area contributed by atoms with Gasteiger partial charge in [-0.15, -0.1) is 0 Å². The van der Waals surface area contributed by atoms with Crippen LogP contribution in [0.2, 0.25) is 0 Å². The molecule has 1 heterocycles. The van der Waals surface area contributed by atoms with Crippen LogP contribution < -0.4 is 0 Å². The van der Waals surface area contributed by atoms with Crippen LogP contribution in [-0.4, -0.2) is 13.2 Å². The molecule has 16 heavy (non-hydrogen) atoms. The molecule has 1 aliphatic carbocycles. The number of hydrogen-bond donors (Lipinski definition) is 0. The summed E-state index contributed by atoms with van der Waals surface area (Å²) in [5.74, 6) is 1.87. The summed E-state index contributed by atoms with van der Waals surface area (Å²) in [5, 5.41) is 0. The van der Waals surface area contributed by atoms with Gasteiger partial charge in [0.1, 0.15) is 0 Å². The molecule has 0 aromatic heterocycles. The lowest BCUT2D eigenvalue weighted by Gasteiger charge is -2.39. The number of rotatable bonds is 2. The zero-order valence-electron chi connectivity index (χ0n) is 12.1. The van der Waals surface area contributed by atoms with Crippen LogP contribution in [0.15, 0.2) is 0 Å². The van der Waals surface area contributed by atoms with Crippen molar-refractivity contribution in [3.8, 4) is 0 Å². The van der Waals surface area contributed by atoms with E-state index in [-0.39, 0.29) is 0 Å². The lowest BCUT2D eigenvalue weighted by molar-refractivity contribution is -0.111. The van der Waals surface area contributed by atoms with Crippen molar-refractivity contribution in [3.05, 3.63) is 0 Å². The minimum atomic E-state index is 0.522. The van der Waals surface area contributed by atoms with Crippen molar-refractivity contribution in [2.45, 2.75) is 60.8 Å². The number of hydrogen-bond acceptors (Lipinski definition) is 1. The number of ether oxygens (including phenoxy) is 1. The van der Waals surface area contributed by atoms with Crippen LogP contribution in [-0.2, 0) is 4.74 Å². The Morgan fingerprint density at radius 3 is 1.75 bits per heavy atom. The summed E-state index contributed by atoms with van der Waals surface area (Å²) in [6, 6.07) is 0. The summed E-state index contributed by atoms with van der Waals surface area (Å²) in [5.41, 5.74) is 1.13. The van der Waals surface area contributed by atoms with Crippen molar-refractivity contribution in [1.29, 1.82) is 0 Å². The van der Waals surface area contributed by atoms with Gasteiger partial charge in [0.25, 0.3) is 0 Å². The van der Waals surface area contributed by atoms with Crippen LogP contribution in [0.5, 0.6) is 0 Å². The zero-order valence-corrected chi connectivity index (χ0v) is 12.1. The van der Waals surface area contributed by atoms with E-state index in [9.17, 15) is 0 Å². The molecule has 2 aliphatic rings. The van der Waals surface area contributed by atoms with Crippen molar-refractivity contribution < 1.29 is 4.74 Å². The van der Waals surface area contributed by atoms with E-state index in [1.54, 1.807) is 0 Å². The molecule has 0 radical (unpaired) electrons. The molecule has 0 unspecified atom stereocenters. The maximum absolute atomic E-state index is 5.14. The standard InChI is InChI=1S/C8H16O.C7H14/c1-7(2)4-8(3)5-9-6-8;1-7(2,3)6-4-5-6/h7H,4-6H2,1-3H3;6H,4-5H2,1-3H3. The summed E-state index contributed by atoms with van der Waals surface area (Å²) in [6.07, 6.45) is 4.26. The topological polar surface area (TPSA) is 9.23 Å². The second-order valence-electron chi connectivity index (χ2n) is 7.54. The second-order valence-corrected chi connectivity index (χ2v) is 7.54. The first-order valence-corrected chi connectivity index (χ1v) is 6.81. The molecule has 1 nitrogen and oxygen atoms in total. The Labute approximate surface area is 102 Å². The molecule has 1 saturated heterocycles. The predicted molar refractivity (Wildman–Crippen MR) is 70.6 cm³/mol. The molecule has 0 spiro atoms. The average Bonchev–Trinajstić information content (AvgIpc) is 2.80. The first kappa shape index (κ1) is 14.0. The van der Waals surface area contributed by atoms with Gasteiger partial charge in [-0.2, -0.15) is 0 Å². The van der Waals surface area contributed by atoms with Gasteiger partial charge in [-0.3, -0.25) is 0 Å². The van der Waals surface area contributed by atoms with Crippen LogP contribution in [0.25, 0.3) is 0 Å². The molecule has 96 valence electrons. The van der Waals surface area contributed by atoms with E-state index in [4.69, 9.17) is 4.74 Å². The molecular formula is C15H30O. The Hall–Kier alpha value is -0.0400. The third kappa shape index (κ3) is 4.86. The summed E-state index contributed by atoms with van der Waals surface area (Å²) in [7, 11) is 0. The molecule has 2 rings (SSSR count). The van der Waals surface area contributed by atoms with E-state index >= 15 is 0 Å². The summed E-state index contributed by atoms with van der Waals surface area (Å²) in [4.78, 5) is 0. The predicted octanol–water partition coefficient (Wildman–Crippen LogP) is 4.51. The fourth-order valence-electron chi connectivity index (χ4n) is 2.50. The molecular weight excluding hydrogens is 196 g/mol. The summed E-state index contributed by atoms with van der Waals surface area (Å²) >= 11 is 0. The highest BCUT2D eigenvalue weighted by atomic mass is 16.5. The summed E-state index contributed by atoms with van der Waals surface area (Å²) in [6.45, 7) is 15.8. The highest BCUT2D eigenvalue weighted by Crippen LogP contribution is 2.44. The Morgan fingerprint density at radius 1 is 1.19 bits per heavy atom. The molecule has 0 aromatic rings. The van der Waals surface area contributed by atoms with Crippen molar-refractivity contribution in [1.82, 2.24) is 0 Å². The average molecular weight is 226 g/mol. The van der Waals surface area contributed by atoms with Crippen molar-refractivity contribution >= 4 is 0 Å². The highest BCUT2D eigenvalue weighted by Gasteiger charge is 2.33. The molecule has 0 aromatic carbocycles. The van der Waals surface area contributed by atoms with Gasteiger partial charge in [-0.1, -0.05) is 41.5 Å². The van der Waals surface area contributed by atoms with Gasteiger partial charge in [-0.25, -0.2) is 0 Å². The fourth-order valence-corrected chi connectivity index (χ4v) is 2.50. The highest BCUT2D eigenvalue weighted by molar-refractivity contribution is 4.84. The van der Waals surface area contributed by atoms with Crippen LogP contribution in [0.1, 0.15) is 60.8 Å².